The van der Waals surface area contributed by atoms with Crippen molar-refractivity contribution in [2.75, 3.05) is 0 Å². The molecule has 0 fully saturated rings. The van der Waals surface area contributed by atoms with Crippen LogP contribution in [0, 0.1) is 0 Å². The molecule has 3 heterocycles. The summed E-state index contributed by atoms with van der Waals surface area (Å²) >= 11 is 0. The van der Waals surface area contributed by atoms with Crippen molar-refractivity contribution in [1.29, 1.82) is 0 Å². The summed E-state index contributed by atoms with van der Waals surface area (Å²) in [5.41, 5.74) is 0.101. The summed E-state index contributed by atoms with van der Waals surface area (Å²) in [5, 5.41) is 7.12. The zero-order valence-electron chi connectivity index (χ0n) is 12.5. The summed E-state index contributed by atoms with van der Waals surface area (Å²) in [5.74, 6) is 0.818. The molecule has 22 heavy (non-hydrogen) atoms. The van der Waals surface area contributed by atoms with Gasteiger partial charge >= 0.3 is 0 Å². The van der Waals surface area contributed by atoms with E-state index >= 15 is 0 Å². The van der Waals surface area contributed by atoms with E-state index in [9.17, 15) is 9.59 Å². The molecule has 7 nitrogen and oxygen atoms in total. The Balaban J connectivity index is 1.70. The van der Waals surface area contributed by atoms with Crippen molar-refractivity contribution in [2.24, 2.45) is 0 Å². The molecule has 0 bridgehead atoms. The molecule has 2 aromatic heterocycles. The summed E-state index contributed by atoms with van der Waals surface area (Å²) in [6, 6.07) is 2.93. The van der Waals surface area contributed by atoms with E-state index in [1.165, 1.54) is 16.8 Å². The molecule has 116 valence electrons. The molecule has 0 unspecified atom stereocenters. The molecule has 0 saturated carbocycles. The first-order valence-electron chi connectivity index (χ1n) is 7.56. The van der Waals surface area contributed by atoms with Crippen molar-refractivity contribution in [1.82, 2.24) is 24.6 Å². The van der Waals surface area contributed by atoms with Gasteiger partial charge in [-0.25, -0.2) is 9.67 Å². The van der Waals surface area contributed by atoms with Crippen LogP contribution in [0.1, 0.15) is 36.1 Å². The maximum Gasteiger partial charge on any atom is 0.272 e. The summed E-state index contributed by atoms with van der Waals surface area (Å²) in [4.78, 5) is 28.2. The average Bonchev–Trinajstić information content (AvgIpc) is 2.97. The van der Waals surface area contributed by atoms with Crippen LogP contribution in [0.5, 0.6) is 0 Å². The normalized spacial score (nSPS) is 17.0. The van der Waals surface area contributed by atoms with Gasteiger partial charge in [0.25, 0.3) is 11.5 Å². The fraction of sp³-hybridized carbons (Fsp3) is 0.467. The molecule has 3 rings (SSSR count). The van der Waals surface area contributed by atoms with Crippen LogP contribution in [0.3, 0.4) is 0 Å². The number of hydrogen-bond acceptors (Lipinski definition) is 4. The van der Waals surface area contributed by atoms with Crippen molar-refractivity contribution in [3.05, 3.63) is 46.4 Å². The number of rotatable bonds is 4. The van der Waals surface area contributed by atoms with Crippen LogP contribution in [0.25, 0.3) is 0 Å². The molecule has 1 atom stereocenters. The zero-order chi connectivity index (χ0) is 15.5. The Hall–Kier alpha value is -2.44. The number of amides is 1. The van der Waals surface area contributed by atoms with Crippen molar-refractivity contribution >= 4 is 5.91 Å². The quantitative estimate of drug-likeness (QED) is 0.896. The molecule has 1 aliphatic heterocycles. The van der Waals surface area contributed by atoms with Gasteiger partial charge in [0.2, 0.25) is 0 Å². The third-order valence-corrected chi connectivity index (χ3v) is 3.81. The van der Waals surface area contributed by atoms with E-state index in [-0.39, 0.29) is 23.2 Å². The van der Waals surface area contributed by atoms with Crippen LogP contribution < -0.4 is 10.9 Å². The van der Waals surface area contributed by atoms with E-state index in [1.807, 2.05) is 13.1 Å². The SMILES string of the molecule is CCCn1nc(C(=O)N[C@H]2CCc3nccn3C2)ccc1=O. The summed E-state index contributed by atoms with van der Waals surface area (Å²) < 4.78 is 3.39. The number of fused-ring (bicyclic) bond motifs is 1. The maximum atomic E-state index is 12.3. The highest BCUT2D eigenvalue weighted by Gasteiger charge is 2.21. The molecule has 2 aromatic rings. The number of nitrogens with one attached hydrogen (secondary N) is 1. The number of carbonyl (C=O) groups is 1. The highest BCUT2D eigenvalue weighted by atomic mass is 16.2. The van der Waals surface area contributed by atoms with Crippen molar-refractivity contribution in [3.63, 3.8) is 0 Å². The van der Waals surface area contributed by atoms with Crippen molar-refractivity contribution in [2.45, 2.75) is 45.3 Å². The first-order valence-corrected chi connectivity index (χ1v) is 7.56. The first kappa shape index (κ1) is 14.5. The van der Waals surface area contributed by atoms with Gasteiger partial charge in [-0.05, 0) is 18.9 Å². The second-order valence-corrected chi connectivity index (χ2v) is 5.48. The molecule has 1 aliphatic rings. The number of aryl methyl sites for hydroxylation is 2. The van der Waals surface area contributed by atoms with E-state index in [4.69, 9.17) is 0 Å². The van der Waals surface area contributed by atoms with E-state index in [2.05, 4.69) is 20.0 Å². The Labute approximate surface area is 128 Å². The third-order valence-electron chi connectivity index (χ3n) is 3.81. The van der Waals surface area contributed by atoms with Crippen LogP contribution >= 0.6 is 0 Å². The van der Waals surface area contributed by atoms with Crippen LogP contribution in [0.2, 0.25) is 0 Å². The summed E-state index contributed by atoms with van der Waals surface area (Å²) in [7, 11) is 0. The van der Waals surface area contributed by atoms with Gasteiger partial charge in [0, 0.05) is 44.0 Å². The Morgan fingerprint density at radius 3 is 3.14 bits per heavy atom. The molecule has 0 saturated heterocycles. The Kier molecular flexibility index (Phi) is 4.04. The second-order valence-electron chi connectivity index (χ2n) is 5.48. The van der Waals surface area contributed by atoms with Crippen LogP contribution in [0.4, 0.5) is 0 Å². The van der Waals surface area contributed by atoms with Crippen LogP contribution in [-0.2, 0) is 19.5 Å². The number of carbonyl (C=O) groups excluding carboxylic acids is 1. The predicted octanol–water partition coefficient (Wildman–Crippen LogP) is 0.595. The van der Waals surface area contributed by atoms with Gasteiger partial charge in [-0.15, -0.1) is 0 Å². The number of imidazole rings is 1. The van der Waals surface area contributed by atoms with Gasteiger partial charge in [0.15, 0.2) is 0 Å². The maximum absolute atomic E-state index is 12.3. The minimum absolute atomic E-state index is 0.0579. The fourth-order valence-corrected chi connectivity index (χ4v) is 2.69. The lowest BCUT2D eigenvalue weighted by atomic mass is 10.1. The number of hydrogen-bond donors (Lipinski definition) is 1. The molecular formula is C15H19N5O2. The van der Waals surface area contributed by atoms with E-state index < -0.39 is 0 Å². The van der Waals surface area contributed by atoms with Gasteiger partial charge in [-0.2, -0.15) is 5.10 Å². The Morgan fingerprint density at radius 2 is 2.32 bits per heavy atom. The highest BCUT2D eigenvalue weighted by Crippen LogP contribution is 2.13. The first-order chi connectivity index (χ1) is 10.7. The topological polar surface area (TPSA) is 81.8 Å². The Morgan fingerprint density at radius 1 is 1.45 bits per heavy atom. The van der Waals surface area contributed by atoms with E-state index in [0.717, 1.165) is 31.6 Å². The van der Waals surface area contributed by atoms with E-state index in [0.29, 0.717) is 6.54 Å². The molecule has 0 aliphatic carbocycles. The molecule has 0 spiro atoms. The fourth-order valence-electron chi connectivity index (χ4n) is 2.69. The van der Waals surface area contributed by atoms with Crippen molar-refractivity contribution < 1.29 is 4.79 Å². The zero-order valence-corrected chi connectivity index (χ0v) is 12.5. The molecule has 1 amide bonds. The molecule has 0 radical (unpaired) electrons. The smallest absolute Gasteiger partial charge is 0.272 e. The third kappa shape index (κ3) is 2.93. The number of nitrogens with zero attached hydrogens (tertiary/aromatic N) is 4. The summed E-state index contributed by atoms with van der Waals surface area (Å²) in [6.07, 6.45) is 6.21. The van der Waals surface area contributed by atoms with Crippen LogP contribution in [-0.4, -0.2) is 31.3 Å². The van der Waals surface area contributed by atoms with Gasteiger partial charge < -0.3 is 9.88 Å². The second kappa shape index (κ2) is 6.13. The molecular weight excluding hydrogens is 282 g/mol. The van der Waals surface area contributed by atoms with Gasteiger partial charge in [0.1, 0.15) is 11.5 Å². The number of aromatic nitrogens is 4. The standard InChI is InChI=1S/C15H19N5O2/c1-2-8-20-14(21)6-4-12(18-20)15(22)17-11-3-5-13-16-7-9-19(13)10-11/h4,6-7,9,11H,2-3,5,8,10H2,1H3,(H,17,22)/t11-/m0/s1. The molecule has 0 aromatic carbocycles. The molecule has 1 N–H and O–H groups in total. The lowest BCUT2D eigenvalue weighted by molar-refractivity contribution is 0.0920. The van der Waals surface area contributed by atoms with Crippen molar-refractivity contribution in [3.8, 4) is 0 Å². The largest absolute Gasteiger partial charge is 0.346 e. The van der Waals surface area contributed by atoms with Gasteiger partial charge in [-0.3, -0.25) is 9.59 Å². The minimum Gasteiger partial charge on any atom is -0.346 e. The van der Waals surface area contributed by atoms with Gasteiger partial charge in [0.05, 0.1) is 0 Å². The summed E-state index contributed by atoms with van der Waals surface area (Å²) in [6.45, 7) is 3.20. The van der Waals surface area contributed by atoms with Crippen LogP contribution in [0.15, 0.2) is 29.3 Å². The Bertz CT molecular complexity index is 734. The minimum atomic E-state index is -0.238. The lowest BCUT2D eigenvalue weighted by Crippen LogP contribution is -2.41. The van der Waals surface area contributed by atoms with Gasteiger partial charge in [-0.1, -0.05) is 6.92 Å². The average molecular weight is 301 g/mol. The highest BCUT2D eigenvalue weighted by molar-refractivity contribution is 5.92. The van der Waals surface area contributed by atoms with E-state index in [1.54, 1.807) is 6.20 Å². The lowest BCUT2D eigenvalue weighted by Gasteiger charge is -2.24. The predicted molar refractivity (Wildman–Crippen MR) is 80.6 cm³/mol. The monoisotopic (exact) mass is 301 g/mol. The molecule has 7 heteroatoms.